The van der Waals surface area contributed by atoms with Gasteiger partial charge in [0.15, 0.2) is 0 Å². The Balaban J connectivity index is 2.71. The lowest BCUT2D eigenvalue weighted by atomic mass is 9.99. The van der Waals surface area contributed by atoms with Gasteiger partial charge < -0.3 is 14.8 Å². The van der Waals surface area contributed by atoms with E-state index in [0.717, 1.165) is 6.54 Å². The van der Waals surface area contributed by atoms with Gasteiger partial charge in [-0.05, 0) is 31.5 Å². The summed E-state index contributed by atoms with van der Waals surface area (Å²) in [4.78, 5) is 13.5. The molecule has 4 heteroatoms. The number of nitrogens with zero attached hydrogens (tertiary/aromatic N) is 2. The standard InChI is InChI=1S/C14H25N3O/c1-6-16(5)13(18)10-17-8-7-12(9-17)14(15-4)11(2)3/h7-9,11,14-15H,6,10H2,1-5H3. The van der Waals surface area contributed by atoms with Crippen molar-refractivity contribution in [3.05, 3.63) is 24.0 Å². The SMILES string of the molecule is CCN(C)C(=O)Cn1ccc(C(NC)C(C)C)c1. The number of rotatable bonds is 6. The Morgan fingerprint density at radius 2 is 2.17 bits per heavy atom. The predicted molar refractivity (Wildman–Crippen MR) is 74.4 cm³/mol. The molecule has 0 fully saturated rings. The smallest absolute Gasteiger partial charge is 0.242 e. The minimum absolute atomic E-state index is 0.144. The molecule has 1 aromatic rings. The monoisotopic (exact) mass is 251 g/mol. The molecular weight excluding hydrogens is 226 g/mol. The Morgan fingerprint density at radius 3 is 2.67 bits per heavy atom. The maximum Gasteiger partial charge on any atom is 0.242 e. The third kappa shape index (κ3) is 3.60. The number of carbonyl (C=O) groups is 1. The molecule has 1 rings (SSSR count). The molecule has 0 aliphatic heterocycles. The summed E-state index contributed by atoms with van der Waals surface area (Å²) >= 11 is 0. The molecule has 0 aliphatic carbocycles. The van der Waals surface area contributed by atoms with Crippen LogP contribution in [0.4, 0.5) is 0 Å². The zero-order valence-corrected chi connectivity index (χ0v) is 12.1. The maximum absolute atomic E-state index is 11.8. The third-order valence-corrected chi connectivity index (χ3v) is 3.33. The van der Waals surface area contributed by atoms with Gasteiger partial charge in [-0.15, -0.1) is 0 Å². The molecule has 0 saturated heterocycles. The van der Waals surface area contributed by atoms with Crippen molar-refractivity contribution in [1.82, 2.24) is 14.8 Å². The topological polar surface area (TPSA) is 37.3 Å². The van der Waals surface area contributed by atoms with Crippen molar-refractivity contribution in [3.63, 3.8) is 0 Å². The number of nitrogens with one attached hydrogen (secondary N) is 1. The van der Waals surface area contributed by atoms with Crippen molar-refractivity contribution in [2.75, 3.05) is 20.6 Å². The van der Waals surface area contributed by atoms with Crippen molar-refractivity contribution in [2.45, 2.75) is 33.4 Å². The van der Waals surface area contributed by atoms with Gasteiger partial charge in [0.1, 0.15) is 6.54 Å². The minimum atomic E-state index is 0.144. The van der Waals surface area contributed by atoms with Gasteiger partial charge in [0.05, 0.1) is 0 Å². The highest BCUT2D eigenvalue weighted by Crippen LogP contribution is 2.21. The fraction of sp³-hybridized carbons (Fsp3) is 0.643. The molecule has 0 radical (unpaired) electrons. The van der Waals surface area contributed by atoms with Crippen LogP contribution < -0.4 is 5.32 Å². The maximum atomic E-state index is 11.8. The molecule has 1 N–H and O–H groups in total. The van der Waals surface area contributed by atoms with Gasteiger partial charge in [-0.3, -0.25) is 4.79 Å². The van der Waals surface area contributed by atoms with Crippen LogP contribution in [0.3, 0.4) is 0 Å². The van der Waals surface area contributed by atoms with E-state index in [1.807, 2.05) is 31.8 Å². The normalized spacial score (nSPS) is 12.8. The Morgan fingerprint density at radius 1 is 1.50 bits per heavy atom. The van der Waals surface area contributed by atoms with E-state index < -0.39 is 0 Å². The lowest BCUT2D eigenvalue weighted by molar-refractivity contribution is -0.130. The average Bonchev–Trinajstić information content (AvgIpc) is 2.76. The van der Waals surface area contributed by atoms with E-state index in [1.54, 1.807) is 4.90 Å². The molecule has 18 heavy (non-hydrogen) atoms. The molecule has 0 bridgehead atoms. The Labute approximate surface area is 110 Å². The average molecular weight is 251 g/mol. The number of hydrogen-bond donors (Lipinski definition) is 1. The molecule has 1 atom stereocenters. The molecule has 1 aromatic heterocycles. The highest BCUT2D eigenvalue weighted by molar-refractivity contribution is 5.75. The summed E-state index contributed by atoms with van der Waals surface area (Å²) in [6, 6.07) is 2.42. The predicted octanol–water partition coefficient (Wildman–Crippen LogP) is 1.88. The summed E-state index contributed by atoms with van der Waals surface area (Å²) in [7, 11) is 3.80. The first-order valence-electron chi connectivity index (χ1n) is 6.56. The van der Waals surface area contributed by atoms with Gasteiger partial charge in [0.25, 0.3) is 0 Å². The second-order valence-corrected chi connectivity index (χ2v) is 5.04. The van der Waals surface area contributed by atoms with Gasteiger partial charge in [0.2, 0.25) is 5.91 Å². The van der Waals surface area contributed by atoms with Crippen LogP contribution in [0.15, 0.2) is 18.5 Å². The van der Waals surface area contributed by atoms with Crippen LogP contribution in [-0.2, 0) is 11.3 Å². The fourth-order valence-corrected chi connectivity index (χ4v) is 2.08. The number of amides is 1. The van der Waals surface area contributed by atoms with Gasteiger partial charge >= 0.3 is 0 Å². The van der Waals surface area contributed by atoms with Gasteiger partial charge in [-0.1, -0.05) is 13.8 Å². The number of hydrogen-bond acceptors (Lipinski definition) is 2. The summed E-state index contributed by atoms with van der Waals surface area (Å²) in [5, 5.41) is 3.31. The van der Waals surface area contributed by atoms with Crippen LogP contribution in [0, 0.1) is 5.92 Å². The first kappa shape index (κ1) is 14.8. The van der Waals surface area contributed by atoms with Gasteiger partial charge in [0, 0.05) is 32.0 Å². The van der Waals surface area contributed by atoms with Crippen molar-refractivity contribution >= 4 is 5.91 Å². The number of aromatic nitrogens is 1. The largest absolute Gasteiger partial charge is 0.345 e. The lowest BCUT2D eigenvalue weighted by Crippen LogP contribution is -2.29. The van der Waals surface area contributed by atoms with Crippen LogP contribution in [-0.4, -0.2) is 36.0 Å². The molecule has 1 heterocycles. The Kier molecular flexibility index (Phi) is 5.41. The van der Waals surface area contributed by atoms with E-state index in [0.29, 0.717) is 18.5 Å². The molecular formula is C14H25N3O. The van der Waals surface area contributed by atoms with E-state index in [1.165, 1.54) is 5.56 Å². The quantitative estimate of drug-likeness (QED) is 0.838. The molecule has 4 nitrogen and oxygen atoms in total. The van der Waals surface area contributed by atoms with Crippen LogP contribution >= 0.6 is 0 Å². The fourth-order valence-electron chi connectivity index (χ4n) is 2.08. The van der Waals surface area contributed by atoms with Crippen molar-refractivity contribution in [1.29, 1.82) is 0 Å². The molecule has 1 unspecified atom stereocenters. The summed E-state index contributed by atoms with van der Waals surface area (Å²) < 4.78 is 1.95. The zero-order valence-electron chi connectivity index (χ0n) is 12.1. The first-order chi connectivity index (χ1) is 8.49. The van der Waals surface area contributed by atoms with Gasteiger partial charge in [-0.25, -0.2) is 0 Å². The number of likely N-dealkylation sites (N-methyl/N-ethyl adjacent to an activating group) is 1. The molecule has 0 spiro atoms. The van der Waals surface area contributed by atoms with E-state index in [-0.39, 0.29) is 5.91 Å². The van der Waals surface area contributed by atoms with Crippen LogP contribution in [0.1, 0.15) is 32.4 Å². The summed E-state index contributed by atoms with van der Waals surface area (Å²) in [6.45, 7) is 7.52. The molecule has 0 aliphatic rings. The molecule has 0 saturated carbocycles. The molecule has 1 amide bonds. The van der Waals surface area contributed by atoms with Crippen LogP contribution in [0.25, 0.3) is 0 Å². The van der Waals surface area contributed by atoms with E-state index in [2.05, 4.69) is 31.4 Å². The van der Waals surface area contributed by atoms with Crippen LogP contribution in [0.5, 0.6) is 0 Å². The third-order valence-electron chi connectivity index (χ3n) is 3.33. The van der Waals surface area contributed by atoms with E-state index >= 15 is 0 Å². The zero-order chi connectivity index (χ0) is 13.7. The van der Waals surface area contributed by atoms with Crippen molar-refractivity contribution in [2.24, 2.45) is 5.92 Å². The van der Waals surface area contributed by atoms with Crippen LogP contribution in [0.2, 0.25) is 0 Å². The summed E-state index contributed by atoms with van der Waals surface area (Å²) in [6.07, 6.45) is 4.03. The van der Waals surface area contributed by atoms with E-state index in [9.17, 15) is 4.79 Å². The van der Waals surface area contributed by atoms with E-state index in [4.69, 9.17) is 0 Å². The Hall–Kier alpha value is -1.29. The summed E-state index contributed by atoms with van der Waals surface area (Å²) in [5.74, 6) is 0.671. The van der Waals surface area contributed by atoms with Gasteiger partial charge in [-0.2, -0.15) is 0 Å². The second-order valence-electron chi connectivity index (χ2n) is 5.04. The number of carbonyl (C=O) groups excluding carboxylic acids is 1. The lowest BCUT2D eigenvalue weighted by Gasteiger charge is -2.19. The highest BCUT2D eigenvalue weighted by Gasteiger charge is 2.15. The highest BCUT2D eigenvalue weighted by atomic mass is 16.2. The first-order valence-corrected chi connectivity index (χ1v) is 6.56. The molecule has 102 valence electrons. The van der Waals surface area contributed by atoms with Crippen molar-refractivity contribution in [3.8, 4) is 0 Å². The summed E-state index contributed by atoms with van der Waals surface area (Å²) in [5.41, 5.74) is 1.24. The minimum Gasteiger partial charge on any atom is -0.345 e. The molecule has 0 aromatic carbocycles. The Bertz CT molecular complexity index is 384. The van der Waals surface area contributed by atoms with Crippen molar-refractivity contribution < 1.29 is 4.79 Å². The second kappa shape index (κ2) is 6.59.